The molecule has 0 unspecified atom stereocenters. The van der Waals surface area contributed by atoms with Gasteiger partial charge in [-0.25, -0.2) is 0 Å². The number of amides is 1. The minimum Gasteiger partial charge on any atom is -0.333 e. The van der Waals surface area contributed by atoms with Crippen molar-refractivity contribution in [1.29, 1.82) is 0 Å². The molecule has 0 aromatic carbocycles. The highest BCUT2D eigenvalue weighted by Crippen LogP contribution is 2.28. The molecular weight excluding hydrogens is 320 g/mol. The van der Waals surface area contributed by atoms with E-state index in [1.165, 1.54) is 0 Å². The third-order valence-electron chi connectivity index (χ3n) is 3.93. The van der Waals surface area contributed by atoms with E-state index < -0.39 is 0 Å². The molecule has 1 aliphatic rings. The number of hydrogen-bond acceptors (Lipinski definition) is 3. The van der Waals surface area contributed by atoms with Crippen LogP contribution in [0.5, 0.6) is 0 Å². The molecule has 0 spiro atoms. The Balaban J connectivity index is 2.25. The molecule has 1 fully saturated rings. The number of aromatic amines is 1. The molecule has 1 amide bonds. The Morgan fingerprint density at radius 3 is 2.70 bits per heavy atom. The number of nitrogens with two attached hydrogens (primary N) is 1. The number of H-pyrrole nitrogens is 1. The summed E-state index contributed by atoms with van der Waals surface area (Å²) in [6.07, 6.45) is 3.14. The van der Waals surface area contributed by atoms with E-state index in [2.05, 4.69) is 40.0 Å². The fraction of sp³-hybridized carbons (Fsp3) is 0.714. The number of carbonyl (C=O) groups is 1. The summed E-state index contributed by atoms with van der Waals surface area (Å²) in [6.45, 7) is 6.87. The minimum absolute atomic E-state index is 0.0125. The number of hydrogen-bond donors (Lipinski definition) is 2. The predicted octanol–water partition coefficient (Wildman–Crippen LogP) is 2.64. The Morgan fingerprint density at radius 2 is 2.15 bits per heavy atom. The lowest BCUT2D eigenvalue weighted by molar-refractivity contribution is 0.0577. The van der Waals surface area contributed by atoms with Crippen LogP contribution < -0.4 is 5.73 Å². The van der Waals surface area contributed by atoms with Crippen molar-refractivity contribution in [1.82, 2.24) is 15.1 Å². The van der Waals surface area contributed by atoms with E-state index in [1.807, 2.05) is 11.8 Å². The van der Waals surface area contributed by atoms with Crippen molar-refractivity contribution in [3.63, 3.8) is 0 Å². The van der Waals surface area contributed by atoms with E-state index in [0.29, 0.717) is 11.6 Å². The fourth-order valence-corrected chi connectivity index (χ4v) is 3.56. The van der Waals surface area contributed by atoms with Gasteiger partial charge >= 0.3 is 0 Å². The standard InChI is InChI=1S/C14H23BrN4O/c1-8(2)12-11(15)13(18-17-12)14(20)19-7-5-4-6-10(19)9(3)16/h8-10H,4-7,16H2,1-3H3,(H,17,18)/t9-,10-/m0/s1. The van der Waals surface area contributed by atoms with Crippen LogP contribution in [0.4, 0.5) is 0 Å². The zero-order chi connectivity index (χ0) is 14.9. The van der Waals surface area contributed by atoms with Gasteiger partial charge in [-0.3, -0.25) is 9.89 Å². The van der Waals surface area contributed by atoms with Gasteiger partial charge in [0.2, 0.25) is 0 Å². The smallest absolute Gasteiger partial charge is 0.275 e. The SMILES string of the molecule is CC(C)c1[nH]nc(C(=O)N2CCCC[C@H]2[C@H](C)N)c1Br. The number of halogens is 1. The van der Waals surface area contributed by atoms with Crippen molar-refractivity contribution < 1.29 is 4.79 Å². The largest absolute Gasteiger partial charge is 0.333 e. The molecule has 6 heteroatoms. The van der Waals surface area contributed by atoms with E-state index in [4.69, 9.17) is 5.73 Å². The third-order valence-corrected chi connectivity index (χ3v) is 4.73. The molecule has 112 valence electrons. The van der Waals surface area contributed by atoms with Crippen LogP contribution in [0.1, 0.15) is 62.1 Å². The molecular formula is C14H23BrN4O. The van der Waals surface area contributed by atoms with Gasteiger partial charge in [-0.1, -0.05) is 13.8 Å². The summed E-state index contributed by atoms with van der Waals surface area (Å²) in [5, 5.41) is 7.16. The van der Waals surface area contributed by atoms with Crippen LogP contribution >= 0.6 is 15.9 Å². The highest BCUT2D eigenvalue weighted by Gasteiger charge is 2.32. The number of rotatable bonds is 3. The Bertz CT molecular complexity index is 484. The lowest BCUT2D eigenvalue weighted by Crippen LogP contribution is -2.51. The molecule has 2 atom stereocenters. The Hall–Kier alpha value is -0.880. The first-order valence-electron chi connectivity index (χ1n) is 7.23. The molecule has 2 rings (SSSR count). The summed E-state index contributed by atoms with van der Waals surface area (Å²) < 4.78 is 0.784. The van der Waals surface area contributed by atoms with E-state index >= 15 is 0 Å². The molecule has 1 saturated heterocycles. The lowest BCUT2D eigenvalue weighted by atomic mass is 9.96. The minimum atomic E-state index is -0.0259. The molecule has 20 heavy (non-hydrogen) atoms. The number of nitrogens with zero attached hydrogens (tertiary/aromatic N) is 2. The van der Waals surface area contributed by atoms with Crippen molar-refractivity contribution >= 4 is 21.8 Å². The topological polar surface area (TPSA) is 75.0 Å². The van der Waals surface area contributed by atoms with Crippen molar-refractivity contribution in [3.8, 4) is 0 Å². The highest BCUT2D eigenvalue weighted by atomic mass is 79.9. The van der Waals surface area contributed by atoms with Gasteiger partial charge in [0.25, 0.3) is 5.91 Å². The summed E-state index contributed by atoms with van der Waals surface area (Å²) in [5.74, 6) is 0.269. The Kier molecular flexibility index (Phi) is 4.86. The van der Waals surface area contributed by atoms with Crippen LogP contribution in [-0.2, 0) is 0 Å². The lowest BCUT2D eigenvalue weighted by Gasteiger charge is -2.37. The molecule has 0 radical (unpaired) electrons. The summed E-state index contributed by atoms with van der Waals surface area (Å²) in [4.78, 5) is 14.6. The number of likely N-dealkylation sites (tertiary alicyclic amines) is 1. The zero-order valence-corrected chi connectivity index (χ0v) is 13.9. The quantitative estimate of drug-likeness (QED) is 0.886. The number of aromatic nitrogens is 2. The first-order valence-corrected chi connectivity index (χ1v) is 8.03. The molecule has 1 aromatic rings. The number of nitrogens with one attached hydrogen (secondary N) is 1. The Labute approximate surface area is 128 Å². The van der Waals surface area contributed by atoms with Gasteiger partial charge in [-0.2, -0.15) is 5.10 Å². The Morgan fingerprint density at radius 1 is 1.45 bits per heavy atom. The predicted molar refractivity (Wildman–Crippen MR) is 82.7 cm³/mol. The number of carbonyl (C=O) groups excluding carboxylic acids is 1. The van der Waals surface area contributed by atoms with Gasteiger partial charge in [0.15, 0.2) is 5.69 Å². The number of piperidine rings is 1. The van der Waals surface area contributed by atoms with E-state index in [-0.39, 0.29) is 18.0 Å². The van der Waals surface area contributed by atoms with Crippen LogP contribution in [0.25, 0.3) is 0 Å². The summed E-state index contributed by atoms with van der Waals surface area (Å²) >= 11 is 3.50. The van der Waals surface area contributed by atoms with Crippen LogP contribution in [0.15, 0.2) is 4.47 Å². The molecule has 3 N–H and O–H groups in total. The molecule has 0 saturated carbocycles. The maximum atomic E-state index is 12.7. The average Bonchev–Trinajstić information content (AvgIpc) is 2.79. The normalized spacial score (nSPS) is 21.3. The van der Waals surface area contributed by atoms with E-state index in [0.717, 1.165) is 36.0 Å². The average molecular weight is 343 g/mol. The first-order chi connectivity index (χ1) is 9.43. The fourth-order valence-electron chi connectivity index (χ4n) is 2.76. The van der Waals surface area contributed by atoms with Gasteiger partial charge in [0.05, 0.1) is 10.2 Å². The zero-order valence-electron chi connectivity index (χ0n) is 12.3. The second-order valence-electron chi connectivity index (χ2n) is 5.88. The third kappa shape index (κ3) is 2.91. The van der Waals surface area contributed by atoms with Gasteiger partial charge in [0.1, 0.15) is 0 Å². The van der Waals surface area contributed by atoms with Gasteiger partial charge < -0.3 is 10.6 Å². The molecule has 0 bridgehead atoms. The summed E-state index contributed by atoms with van der Waals surface area (Å²) in [7, 11) is 0. The van der Waals surface area contributed by atoms with E-state index in [9.17, 15) is 4.79 Å². The van der Waals surface area contributed by atoms with Crippen molar-refractivity contribution in [3.05, 3.63) is 15.9 Å². The molecule has 2 heterocycles. The van der Waals surface area contributed by atoms with E-state index in [1.54, 1.807) is 0 Å². The van der Waals surface area contributed by atoms with Crippen molar-refractivity contribution in [2.45, 2.75) is 58.0 Å². The van der Waals surface area contributed by atoms with Gasteiger partial charge in [0, 0.05) is 18.6 Å². The molecule has 1 aromatic heterocycles. The maximum absolute atomic E-state index is 12.7. The van der Waals surface area contributed by atoms with Gasteiger partial charge in [-0.05, 0) is 48.0 Å². The first kappa shape index (κ1) is 15.5. The van der Waals surface area contributed by atoms with Crippen LogP contribution in [0.2, 0.25) is 0 Å². The summed E-state index contributed by atoms with van der Waals surface area (Å²) in [6, 6.07) is 0.101. The second-order valence-corrected chi connectivity index (χ2v) is 6.67. The monoisotopic (exact) mass is 342 g/mol. The van der Waals surface area contributed by atoms with Crippen LogP contribution in [-0.4, -0.2) is 39.6 Å². The second kappa shape index (κ2) is 6.26. The van der Waals surface area contributed by atoms with Crippen LogP contribution in [0.3, 0.4) is 0 Å². The molecule has 0 aliphatic carbocycles. The van der Waals surface area contributed by atoms with Crippen molar-refractivity contribution in [2.75, 3.05) is 6.54 Å². The molecule has 5 nitrogen and oxygen atoms in total. The highest BCUT2D eigenvalue weighted by molar-refractivity contribution is 9.10. The van der Waals surface area contributed by atoms with Crippen molar-refractivity contribution in [2.24, 2.45) is 5.73 Å². The van der Waals surface area contributed by atoms with Gasteiger partial charge in [-0.15, -0.1) is 0 Å². The van der Waals surface area contributed by atoms with Crippen LogP contribution in [0, 0.1) is 0 Å². The maximum Gasteiger partial charge on any atom is 0.275 e. The molecule has 1 aliphatic heterocycles. The summed E-state index contributed by atoms with van der Waals surface area (Å²) in [5.41, 5.74) is 7.47.